The Morgan fingerprint density at radius 2 is 1.79 bits per heavy atom. The molecule has 2 aromatic carbocycles. The molecule has 0 bridgehead atoms. The van der Waals surface area contributed by atoms with E-state index in [2.05, 4.69) is 69.9 Å². The molecule has 3 aliphatic heterocycles. The molecular weight excluding hydrogens is 528 g/mol. The van der Waals surface area contributed by atoms with Gasteiger partial charge in [-0.1, -0.05) is 36.9 Å². The Hall–Kier alpha value is -3.95. The van der Waals surface area contributed by atoms with Gasteiger partial charge in [0.2, 0.25) is 5.91 Å². The average Bonchev–Trinajstić information content (AvgIpc) is 3.48. The molecular formula is C33H40N6O3. The highest BCUT2D eigenvalue weighted by molar-refractivity contribution is 5.97. The predicted octanol–water partition coefficient (Wildman–Crippen LogP) is 3.00. The standard InChI is InChI=1S/C33H40N6O3/c1-5-31(40)38-16-14-37(15-17-38)29-18-25(33(41)35-27-20-42-21-30(27)36(3)4)34-26-19-39(13-12-24(26)29)28-11-7-10-23-9-6-8-22(2)32(23)28/h5-11,18,27,30H,1,12-17,19-21H2,2-4H3,(H,35,41)/t27-,30-/m1/s1. The topological polar surface area (TPSA) is 81.2 Å². The van der Waals surface area contributed by atoms with Crippen molar-refractivity contribution in [2.75, 3.05) is 69.8 Å². The van der Waals surface area contributed by atoms with Crippen LogP contribution in [-0.4, -0.2) is 98.7 Å². The number of anilines is 2. The van der Waals surface area contributed by atoms with Gasteiger partial charge in [0.05, 0.1) is 37.5 Å². The third-order valence-corrected chi connectivity index (χ3v) is 8.96. The second-order valence-corrected chi connectivity index (χ2v) is 11.7. The molecule has 42 heavy (non-hydrogen) atoms. The van der Waals surface area contributed by atoms with E-state index >= 15 is 0 Å². The molecule has 0 aliphatic carbocycles. The van der Waals surface area contributed by atoms with E-state index in [0.717, 1.165) is 24.3 Å². The summed E-state index contributed by atoms with van der Waals surface area (Å²) in [6.07, 6.45) is 2.20. The molecule has 220 valence electrons. The van der Waals surface area contributed by atoms with Crippen molar-refractivity contribution in [2.24, 2.45) is 0 Å². The van der Waals surface area contributed by atoms with Crippen LogP contribution >= 0.6 is 0 Å². The Morgan fingerprint density at radius 1 is 1.02 bits per heavy atom. The molecule has 2 atom stereocenters. The summed E-state index contributed by atoms with van der Waals surface area (Å²) in [5.74, 6) is -0.221. The fourth-order valence-electron chi connectivity index (χ4n) is 6.62. The number of hydrogen-bond donors (Lipinski definition) is 1. The van der Waals surface area contributed by atoms with Gasteiger partial charge < -0.3 is 29.7 Å². The average molecular weight is 569 g/mol. The van der Waals surface area contributed by atoms with Gasteiger partial charge >= 0.3 is 0 Å². The number of aromatic nitrogens is 1. The van der Waals surface area contributed by atoms with Crippen LogP contribution in [0.3, 0.4) is 0 Å². The highest BCUT2D eigenvalue weighted by atomic mass is 16.5. The van der Waals surface area contributed by atoms with Gasteiger partial charge in [-0.25, -0.2) is 4.98 Å². The largest absolute Gasteiger partial charge is 0.378 e. The predicted molar refractivity (Wildman–Crippen MR) is 166 cm³/mol. The summed E-state index contributed by atoms with van der Waals surface area (Å²) >= 11 is 0. The number of nitrogens with one attached hydrogen (secondary N) is 1. The number of pyridine rings is 1. The molecule has 0 unspecified atom stereocenters. The minimum Gasteiger partial charge on any atom is -0.378 e. The van der Waals surface area contributed by atoms with Gasteiger partial charge in [-0.15, -0.1) is 0 Å². The maximum absolute atomic E-state index is 13.7. The molecule has 6 rings (SSSR count). The minimum absolute atomic E-state index is 0.0401. The Balaban J connectivity index is 1.34. The Labute approximate surface area is 247 Å². The lowest BCUT2D eigenvalue weighted by Gasteiger charge is -2.39. The molecule has 1 N–H and O–H groups in total. The molecule has 2 amide bonds. The van der Waals surface area contributed by atoms with E-state index in [1.165, 1.54) is 33.7 Å². The summed E-state index contributed by atoms with van der Waals surface area (Å²) in [6, 6.07) is 14.9. The molecule has 0 radical (unpaired) electrons. The summed E-state index contributed by atoms with van der Waals surface area (Å²) in [5.41, 5.74) is 6.05. The van der Waals surface area contributed by atoms with E-state index in [1.807, 2.05) is 25.1 Å². The van der Waals surface area contributed by atoms with E-state index in [9.17, 15) is 9.59 Å². The Kier molecular flexibility index (Phi) is 7.88. The Morgan fingerprint density at radius 3 is 2.52 bits per heavy atom. The zero-order chi connectivity index (χ0) is 29.4. The number of amides is 2. The molecule has 0 spiro atoms. The van der Waals surface area contributed by atoms with Crippen LogP contribution in [-0.2, 0) is 22.5 Å². The first-order chi connectivity index (χ1) is 20.3. The number of ether oxygens (including phenoxy) is 1. The lowest BCUT2D eigenvalue weighted by molar-refractivity contribution is -0.126. The lowest BCUT2D eigenvalue weighted by Crippen LogP contribution is -2.49. The van der Waals surface area contributed by atoms with Crippen molar-refractivity contribution in [3.8, 4) is 0 Å². The van der Waals surface area contributed by atoms with Crippen LogP contribution in [0.2, 0.25) is 0 Å². The van der Waals surface area contributed by atoms with Crippen LogP contribution in [0, 0.1) is 6.92 Å². The zero-order valence-electron chi connectivity index (χ0n) is 24.8. The maximum atomic E-state index is 13.7. The number of carbonyl (C=O) groups excluding carboxylic acids is 2. The number of rotatable bonds is 6. The third kappa shape index (κ3) is 5.34. The van der Waals surface area contributed by atoms with Crippen molar-refractivity contribution in [1.82, 2.24) is 20.1 Å². The second kappa shape index (κ2) is 11.7. The normalized spacial score (nSPS) is 20.6. The number of benzene rings is 2. The number of likely N-dealkylation sites (N-methyl/N-ethyl adjacent to an activating group) is 1. The van der Waals surface area contributed by atoms with E-state index < -0.39 is 0 Å². The molecule has 2 fully saturated rings. The van der Waals surface area contributed by atoms with Gasteiger partial charge in [-0.2, -0.15) is 0 Å². The first-order valence-corrected chi connectivity index (χ1v) is 14.8. The van der Waals surface area contributed by atoms with Crippen molar-refractivity contribution >= 4 is 34.0 Å². The van der Waals surface area contributed by atoms with Gasteiger partial charge in [-0.3, -0.25) is 9.59 Å². The highest BCUT2D eigenvalue weighted by Gasteiger charge is 2.33. The summed E-state index contributed by atoms with van der Waals surface area (Å²) in [7, 11) is 4.02. The molecule has 3 aromatic rings. The van der Waals surface area contributed by atoms with Gasteiger partial charge in [0, 0.05) is 55.0 Å². The monoisotopic (exact) mass is 568 g/mol. The van der Waals surface area contributed by atoms with Crippen molar-refractivity contribution in [2.45, 2.75) is 32.0 Å². The van der Waals surface area contributed by atoms with E-state index in [-0.39, 0.29) is 23.9 Å². The van der Waals surface area contributed by atoms with Crippen LogP contribution in [0.4, 0.5) is 11.4 Å². The van der Waals surface area contributed by atoms with E-state index in [1.54, 1.807) is 0 Å². The quantitative estimate of drug-likeness (QED) is 0.458. The van der Waals surface area contributed by atoms with Crippen molar-refractivity contribution in [1.29, 1.82) is 0 Å². The molecule has 3 aliphatic rings. The SMILES string of the molecule is C=CC(=O)N1CCN(c2cc(C(=O)N[C@@H]3COC[C@H]3N(C)C)nc3c2CCN(c2cccc4cccc(C)c24)C3)CC1. The number of piperazine rings is 1. The fraction of sp³-hybridized carbons (Fsp3) is 0.424. The van der Waals surface area contributed by atoms with Crippen molar-refractivity contribution in [3.63, 3.8) is 0 Å². The van der Waals surface area contributed by atoms with Crippen molar-refractivity contribution in [3.05, 3.63) is 77.6 Å². The molecule has 1 aromatic heterocycles. The number of fused-ring (bicyclic) bond motifs is 2. The summed E-state index contributed by atoms with van der Waals surface area (Å²) in [6.45, 7) is 11.0. The molecule has 9 heteroatoms. The highest BCUT2D eigenvalue weighted by Crippen LogP contribution is 2.35. The van der Waals surface area contributed by atoms with Crippen LogP contribution in [0.5, 0.6) is 0 Å². The first kappa shape index (κ1) is 28.2. The molecule has 9 nitrogen and oxygen atoms in total. The maximum Gasteiger partial charge on any atom is 0.270 e. The second-order valence-electron chi connectivity index (χ2n) is 11.7. The minimum atomic E-state index is -0.181. The van der Waals surface area contributed by atoms with Gasteiger partial charge in [-0.05, 0) is 56.6 Å². The summed E-state index contributed by atoms with van der Waals surface area (Å²) in [4.78, 5) is 39.5. The number of hydrogen-bond acceptors (Lipinski definition) is 7. The van der Waals surface area contributed by atoms with E-state index in [0.29, 0.717) is 51.6 Å². The summed E-state index contributed by atoms with van der Waals surface area (Å²) in [5, 5.41) is 5.69. The smallest absolute Gasteiger partial charge is 0.270 e. The number of carbonyl (C=O) groups is 2. The lowest BCUT2D eigenvalue weighted by atomic mass is 9.97. The van der Waals surface area contributed by atoms with Crippen LogP contribution < -0.4 is 15.1 Å². The fourth-order valence-corrected chi connectivity index (χ4v) is 6.62. The first-order valence-electron chi connectivity index (χ1n) is 14.8. The van der Waals surface area contributed by atoms with Crippen LogP contribution in [0.25, 0.3) is 10.8 Å². The zero-order valence-corrected chi connectivity index (χ0v) is 24.8. The van der Waals surface area contributed by atoms with Crippen LogP contribution in [0.15, 0.2) is 55.1 Å². The molecule has 2 saturated heterocycles. The van der Waals surface area contributed by atoms with Crippen molar-refractivity contribution < 1.29 is 14.3 Å². The molecule has 0 saturated carbocycles. The van der Waals surface area contributed by atoms with Gasteiger partial charge in [0.1, 0.15) is 5.69 Å². The van der Waals surface area contributed by atoms with E-state index in [4.69, 9.17) is 9.72 Å². The summed E-state index contributed by atoms with van der Waals surface area (Å²) < 4.78 is 5.69. The van der Waals surface area contributed by atoms with Gasteiger partial charge in [0.15, 0.2) is 0 Å². The third-order valence-electron chi connectivity index (χ3n) is 8.96. The molecule has 4 heterocycles. The van der Waals surface area contributed by atoms with Crippen LogP contribution in [0.1, 0.15) is 27.3 Å². The number of nitrogens with zero attached hydrogens (tertiary/aromatic N) is 5. The van der Waals surface area contributed by atoms with Gasteiger partial charge in [0.25, 0.3) is 5.91 Å². The Bertz CT molecular complexity index is 1510. The number of aryl methyl sites for hydroxylation is 1.